The maximum Gasteiger partial charge on any atom is 0.336 e. The summed E-state index contributed by atoms with van der Waals surface area (Å²) in [6, 6.07) is 5.27. The Morgan fingerprint density at radius 3 is 2.67 bits per heavy atom. The van der Waals surface area contributed by atoms with E-state index in [2.05, 4.69) is 31.1 Å². The molecule has 0 radical (unpaired) electrons. The number of nitrogens with zero attached hydrogens (tertiary/aromatic N) is 1. The number of carboxylic acids is 1. The molecule has 21 heavy (non-hydrogen) atoms. The molecule has 1 aromatic heterocycles. The van der Waals surface area contributed by atoms with Crippen molar-refractivity contribution >= 4 is 23.0 Å². The standard InChI is InChI=1S/C16H20N2O2S/c1-10-12(14(19)20)6-5-7-13(10)17-8-11-9-18-15(21-11)16(2,3)4/h5-7,9,17H,8H2,1-4H3,(H,19,20). The normalized spacial score (nSPS) is 11.4. The van der Waals surface area contributed by atoms with Gasteiger partial charge in [-0.25, -0.2) is 9.78 Å². The van der Waals surface area contributed by atoms with E-state index in [4.69, 9.17) is 5.11 Å². The van der Waals surface area contributed by atoms with Gasteiger partial charge in [0.2, 0.25) is 0 Å². The highest BCUT2D eigenvalue weighted by Crippen LogP contribution is 2.27. The molecule has 0 fully saturated rings. The van der Waals surface area contributed by atoms with Crippen molar-refractivity contribution in [2.75, 3.05) is 5.32 Å². The Kier molecular flexibility index (Phi) is 4.32. The summed E-state index contributed by atoms with van der Waals surface area (Å²) >= 11 is 1.69. The van der Waals surface area contributed by atoms with E-state index in [0.29, 0.717) is 12.1 Å². The Morgan fingerprint density at radius 2 is 2.10 bits per heavy atom. The lowest BCUT2D eigenvalue weighted by Crippen LogP contribution is -2.09. The lowest BCUT2D eigenvalue weighted by molar-refractivity contribution is 0.0696. The smallest absolute Gasteiger partial charge is 0.336 e. The fourth-order valence-corrected chi connectivity index (χ4v) is 2.89. The number of hydrogen-bond donors (Lipinski definition) is 2. The summed E-state index contributed by atoms with van der Waals surface area (Å²) in [4.78, 5) is 16.7. The third kappa shape index (κ3) is 3.61. The van der Waals surface area contributed by atoms with E-state index >= 15 is 0 Å². The molecule has 2 aromatic rings. The molecule has 0 atom stereocenters. The molecule has 1 aromatic carbocycles. The number of hydrogen-bond acceptors (Lipinski definition) is 4. The Hall–Kier alpha value is -1.88. The number of thiazole rings is 1. The summed E-state index contributed by atoms with van der Waals surface area (Å²) in [5.74, 6) is -0.899. The molecule has 2 N–H and O–H groups in total. The van der Waals surface area contributed by atoms with Gasteiger partial charge in [-0.15, -0.1) is 11.3 Å². The van der Waals surface area contributed by atoms with Crippen molar-refractivity contribution in [3.8, 4) is 0 Å². The SMILES string of the molecule is Cc1c(NCc2cnc(C(C)(C)C)s2)cccc1C(=O)O. The Bertz CT molecular complexity index is 657. The lowest BCUT2D eigenvalue weighted by Gasteiger charge is -2.13. The zero-order chi connectivity index (χ0) is 15.6. The molecule has 0 aliphatic carbocycles. The number of anilines is 1. The van der Waals surface area contributed by atoms with E-state index in [-0.39, 0.29) is 5.41 Å². The molecule has 0 aliphatic heterocycles. The van der Waals surface area contributed by atoms with Gasteiger partial charge in [0.05, 0.1) is 17.1 Å². The van der Waals surface area contributed by atoms with Crippen LogP contribution < -0.4 is 5.32 Å². The van der Waals surface area contributed by atoms with E-state index in [1.807, 2.05) is 19.2 Å². The summed E-state index contributed by atoms with van der Waals surface area (Å²) in [5, 5.41) is 13.5. The van der Waals surface area contributed by atoms with Gasteiger partial charge in [0.1, 0.15) is 0 Å². The summed E-state index contributed by atoms with van der Waals surface area (Å²) < 4.78 is 0. The molecule has 0 amide bonds. The van der Waals surface area contributed by atoms with Crippen LogP contribution in [0.2, 0.25) is 0 Å². The van der Waals surface area contributed by atoms with Crippen LogP contribution in [0.5, 0.6) is 0 Å². The number of carbonyl (C=O) groups is 1. The number of aromatic carboxylic acids is 1. The number of aromatic nitrogens is 1. The Balaban J connectivity index is 2.12. The highest BCUT2D eigenvalue weighted by atomic mass is 32.1. The van der Waals surface area contributed by atoms with Gasteiger partial charge in [-0.1, -0.05) is 26.8 Å². The lowest BCUT2D eigenvalue weighted by atomic mass is 9.98. The first-order valence-corrected chi connectivity index (χ1v) is 7.62. The molecule has 0 bridgehead atoms. The zero-order valence-electron chi connectivity index (χ0n) is 12.7. The first-order valence-electron chi connectivity index (χ1n) is 6.81. The molecule has 0 unspecified atom stereocenters. The van der Waals surface area contributed by atoms with Crippen molar-refractivity contribution in [2.24, 2.45) is 0 Å². The van der Waals surface area contributed by atoms with E-state index in [0.717, 1.165) is 21.1 Å². The fraction of sp³-hybridized carbons (Fsp3) is 0.375. The molecule has 2 rings (SSSR count). The van der Waals surface area contributed by atoms with Crippen molar-refractivity contribution in [1.29, 1.82) is 0 Å². The average molecular weight is 304 g/mol. The van der Waals surface area contributed by atoms with Crippen molar-refractivity contribution in [3.63, 3.8) is 0 Å². The molecule has 112 valence electrons. The summed E-state index contributed by atoms with van der Waals surface area (Å²) in [6.45, 7) is 8.90. The van der Waals surface area contributed by atoms with Gasteiger partial charge in [0.15, 0.2) is 0 Å². The molecule has 0 spiro atoms. The average Bonchev–Trinajstić information content (AvgIpc) is 2.86. The van der Waals surface area contributed by atoms with Crippen LogP contribution in [-0.2, 0) is 12.0 Å². The second kappa shape index (κ2) is 5.85. The van der Waals surface area contributed by atoms with Crippen LogP contribution in [0.15, 0.2) is 24.4 Å². The van der Waals surface area contributed by atoms with Crippen molar-refractivity contribution < 1.29 is 9.90 Å². The summed E-state index contributed by atoms with van der Waals surface area (Å²) in [5.41, 5.74) is 1.99. The molecule has 0 saturated carbocycles. The maximum absolute atomic E-state index is 11.1. The zero-order valence-corrected chi connectivity index (χ0v) is 13.5. The van der Waals surface area contributed by atoms with Crippen LogP contribution >= 0.6 is 11.3 Å². The number of rotatable bonds is 4. The summed E-state index contributed by atoms with van der Waals surface area (Å²) in [6.07, 6.45) is 1.88. The van der Waals surface area contributed by atoms with Crippen LogP contribution in [0.3, 0.4) is 0 Å². The maximum atomic E-state index is 11.1. The Morgan fingerprint density at radius 1 is 1.38 bits per heavy atom. The minimum absolute atomic E-state index is 0.0576. The van der Waals surface area contributed by atoms with E-state index in [1.165, 1.54) is 0 Å². The fourth-order valence-electron chi connectivity index (χ4n) is 1.98. The van der Waals surface area contributed by atoms with E-state index in [9.17, 15) is 4.79 Å². The Labute approximate surface area is 128 Å². The third-order valence-electron chi connectivity index (χ3n) is 3.21. The molecule has 5 heteroatoms. The van der Waals surface area contributed by atoms with E-state index < -0.39 is 5.97 Å². The van der Waals surface area contributed by atoms with Crippen LogP contribution in [0.25, 0.3) is 0 Å². The largest absolute Gasteiger partial charge is 0.478 e. The van der Waals surface area contributed by atoms with Crippen LogP contribution in [0.4, 0.5) is 5.69 Å². The molecular weight excluding hydrogens is 284 g/mol. The molecule has 1 heterocycles. The second-order valence-electron chi connectivity index (χ2n) is 6.02. The topological polar surface area (TPSA) is 62.2 Å². The predicted molar refractivity (Wildman–Crippen MR) is 86.3 cm³/mol. The molecule has 0 saturated heterocycles. The molecule has 4 nitrogen and oxygen atoms in total. The highest BCUT2D eigenvalue weighted by Gasteiger charge is 2.18. The van der Waals surface area contributed by atoms with Crippen LogP contribution in [-0.4, -0.2) is 16.1 Å². The minimum Gasteiger partial charge on any atom is -0.478 e. The van der Waals surface area contributed by atoms with Gasteiger partial charge >= 0.3 is 5.97 Å². The van der Waals surface area contributed by atoms with Crippen molar-refractivity contribution in [2.45, 2.75) is 39.7 Å². The van der Waals surface area contributed by atoms with Crippen molar-refractivity contribution in [3.05, 3.63) is 45.4 Å². The molecule has 0 aliphatic rings. The third-order valence-corrected chi connectivity index (χ3v) is 4.64. The van der Waals surface area contributed by atoms with Gasteiger partial charge in [-0.05, 0) is 24.6 Å². The van der Waals surface area contributed by atoms with Gasteiger partial charge < -0.3 is 10.4 Å². The van der Waals surface area contributed by atoms with Gasteiger partial charge in [0, 0.05) is 22.2 Å². The minimum atomic E-state index is -0.899. The highest BCUT2D eigenvalue weighted by molar-refractivity contribution is 7.11. The first kappa shape index (κ1) is 15.5. The monoisotopic (exact) mass is 304 g/mol. The number of carboxylic acid groups (broad SMARTS) is 1. The van der Waals surface area contributed by atoms with E-state index in [1.54, 1.807) is 23.5 Å². The van der Waals surface area contributed by atoms with Crippen LogP contribution in [0.1, 0.15) is 46.6 Å². The van der Waals surface area contributed by atoms with Gasteiger partial charge in [0.25, 0.3) is 0 Å². The molecular formula is C16H20N2O2S. The number of benzene rings is 1. The summed E-state index contributed by atoms with van der Waals surface area (Å²) in [7, 11) is 0. The van der Waals surface area contributed by atoms with Crippen LogP contribution in [0, 0.1) is 6.92 Å². The predicted octanol–water partition coefficient (Wildman–Crippen LogP) is 4.06. The quantitative estimate of drug-likeness (QED) is 0.894. The van der Waals surface area contributed by atoms with Crippen molar-refractivity contribution in [1.82, 2.24) is 4.98 Å². The number of nitrogens with one attached hydrogen (secondary N) is 1. The first-order chi connectivity index (χ1) is 9.79. The van der Waals surface area contributed by atoms with Gasteiger partial charge in [-0.3, -0.25) is 0 Å². The second-order valence-corrected chi connectivity index (χ2v) is 7.13. The van der Waals surface area contributed by atoms with Gasteiger partial charge in [-0.2, -0.15) is 0 Å².